The van der Waals surface area contributed by atoms with Crippen LogP contribution >= 0.6 is 0 Å². The number of aryl methyl sites for hydroxylation is 5. The molecule has 0 amide bonds. The van der Waals surface area contributed by atoms with E-state index in [1.807, 2.05) is 187 Å². The normalized spacial score (nSPS) is 9.02. The molecule has 4 aromatic carbocycles. The van der Waals surface area contributed by atoms with Gasteiger partial charge in [0.05, 0.1) is 6.61 Å². The molecule has 0 aromatic heterocycles. The minimum atomic E-state index is 0.886. The zero-order valence-corrected chi connectivity index (χ0v) is 40.0. The van der Waals surface area contributed by atoms with Crippen molar-refractivity contribution in [1.29, 1.82) is 0 Å². The second-order valence-electron chi connectivity index (χ2n) is 8.49. The topological polar surface area (TPSA) is 9.23 Å². The van der Waals surface area contributed by atoms with Gasteiger partial charge < -0.3 is 4.74 Å². The first-order valence-electron chi connectivity index (χ1n) is 22.0. The Morgan fingerprint density at radius 3 is 0.849 bits per heavy atom. The summed E-state index contributed by atoms with van der Waals surface area (Å²) in [5.74, 6) is 1.08. The fourth-order valence-electron chi connectivity index (χ4n) is 3.88. The molecule has 0 bridgehead atoms. The highest BCUT2D eigenvalue weighted by molar-refractivity contribution is 5.34. The zero-order valence-electron chi connectivity index (χ0n) is 40.0. The predicted molar refractivity (Wildman–Crippen MR) is 255 cm³/mol. The summed E-state index contributed by atoms with van der Waals surface area (Å²) in [6.45, 7) is 45.1. The van der Waals surface area contributed by atoms with Crippen molar-refractivity contribution in [3.63, 3.8) is 0 Å². The SMILES string of the molecule is CC.CC.CC.CC.CC.CC.CC.CC.CC.CC.Cc1ccccc1.Cc1ccccc1.c1ccc2c(c1)CCC2.c1ccc2c(c1)CCCO2. The number of hydrogen-bond acceptors (Lipinski definition) is 1. The largest absolute Gasteiger partial charge is 0.493 e. The number of fused-ring (bicyclic) bond motifs is 2. The maximum atomic E-state index is 5.42. The van der Waals surface area contributed by atoms with Gasteiger partial charge in [0.1, 0.15) is 5.75 Å². The highest BCUT2D eigenvalue weighted by Crippen LogP contribution is 2.23. The van der Waals surface area contributed by atoms with Crippen LogP contribution in [-0.2, 0) is 19.3 Å². The van der Waals surface area contributed by atoms with E-state index < -0.39 is 0 Å². The predicted octanol–water partition coefficient (Wildman–Crippen LogP) is 18.4. The van der Waals surface area contributed by atoms with E-state index in [9.17, 15) is 0 Å². The lowest BCUT2D eigenvalue weighted by Gasteiger charge is -2.15. The van der Waals surface area contributed by atoms with E-state index in [-0.39, 0.29) is 0 Å². The maximum absolute atomic E-state index is 5.42. The van der Waals surface area contributed by atoms with Crippen LogP contribution in [0, 0.1) is 13.8 Å². The van der Waals surface area contributed by atoms with Crippen molar-refractivity contribution in [2.24, 2.45) is 0 Å². The Labute approximate surface area is 337 Å². The lowest BCUT2D eigenvalue weighted by Crippen LogP contribution is -2.07. The molecule has 0 radical (unpaired) electrons. The average molecular weight is 737 g/mol. The van der Waals surface area contributed by atoms with Gasteiger partial charge in [-0.25, -0.2) is 0 Å². The Hall–Kier alpha value is -3.32. The number of benzene rings is 4. The fraction of sp³-hybridized carbons (Fsp3) is 0.538. The van der Waals surface area contributed by atoms with Crippen LogP contribution in [-0.4, -0.2) is 6.61 Å². The van der Waals surface area contributed by atoms with E-state index in [1.165, 1.54) is 42.4 Å². The fourth-order valence-corrected chi connectivity index (χ4v) is 3.88. The van der Waals surface area contributed by atoms with Crippen LogP contribution in [0.3, 0.4) is 0 Å². The van der Waals surface area contributed by atoms with Gasteiger partial charge in [-0.3, -0.25) is 0 Å². The first kappa shape index (κ1) is 67.8. The van der Waals surface area contributed by atoms with Crippen LogP contribution < -0.4 is 4.74 Å². The highest BCUT2D eigenvalue weighted by Gasteiger charge is 2.07. The maximum Gasteiger partial charge on any atom is 0.122 e. The third-order valence-electron chi connectivity index (χ3n) is 5.71. The third kappa shape index (κ3) is 46.7. The van der Waals surface area contributed by atoms with Crippen molar-refractivity contribution in [3.8, 4) is 5.75 Å². The van der Waals surface area contributed by atoms with Crippen LogP contribution in [0.1, 0.15) is 179 Å². The van der Waals surface area contributed by atoms with Crippen molar-refractivity contribution >= 4 is 0 Å². The summed E-state index contributed by atoms with van der Waals surface area (Å²) in [5.41, 5.74) is 7.13. The molecule has 2 aliphatic rings. The van der Waals surface area contributed by atoms with Gasteiger partial charge in [-0.15, -0.1) is 0 Å². The second-order valence-corrected chi connectivity index (χ2v) is 8.49. The molecule has 310 valence electrons. The summed E-state index contributed by atoms with van der Waals surface area (Å²) in [6, 6.07) is 37.5. The molecule has 53 heavy (non-hydrogen) atoms. The molecule has 1 aliphatic carbocycles. The summed E-state index contributed by atoms with van der Waals surface area (Å²) in [5, 5.41) is 0. The molecule has 0 saturated heterocycles. The Balaban J connectivity index is -0.0000000738. The summed E-state index contributed by atoms with van der Waals surface area (Å²) >= 11 is 0. The Morgan fingerprint density at radius 2 is 0.566 bits per heavy atom. The Kier molecular flexibility index (Phi) is 89.9. The van der Waals surface area contributed by atoms with Crippen molar-refractivity contribution in [1.82, 2.24) is 0 Å². The first-order chi connectivity index (χ1) is 26.2. The monoisotopic (exact) mass is 737 g/mol. The van der Waals surface area contributed by atoms with Crippen molar-refractivity contribution in [2.45, 2.75) is 184 Å². The minimum Gasteiger partial charge on any atom is -0.493 e. The van der Waals surface area contributed by atoms with Crippen molar-refractivity contribution < 1.29 is 4.74 Å². The molecule has 0 saturated carbocycles. The van der Waals surface area contributed by atoms with Crippen LogP contribution in [0.25, 0.3) is 0 Å². The minimum absolute atomic E-state index is 0.886. The second kappa shape index (κ2) is 70.3. The molecule has 6 rings (SSSR count). The molecule has 0 N–H and O–H groups in total. The number of para-hydroxylation sites is 1. The summed E-state index contributed by atoms with van der Waals surface area (Å²) < 4.78 is 5.42. The van der Waals surface area contributed by atoms with Gasteiger partial charge in [0.15, 0.2) is 0 Å². The molecule has 1 nitrogen and oxygen atoms in total. The quantitative estimate of drug-likeness (QED) is 0.175. The standard InChI is InChI=1S/C9H10O.C9H10.2C7H8.10C2H6/c1-2-6-9-8(4-1)5-3-7-10-9;1-2-5-9-7-3-6-8(9)4-1;2*1-7-5-3-2-4-6-7;10*1-2/h1-2,4,6H,3,5,7H2;1-2,4-5H,3,6-7H2;2*2-6H,1H3;10*1-2H3. The van der Waals surface area contributed by atoms with Crippen molar-refractivity contribution in [2.75, 3.05) is 6.61 Å². The highest BCUT2D eigenvalue weighted by atomic mass is 16.5. The molecule has 1 heteroatoms. The zero-order chi connectivity index (χ0) is 43.1. The van der Waals surface area contributed by atoms with Gasteiger partial charge in [-0.1, -0.05) is 253 Å². The molecule has 0 atom stereocenters. The van der Waals surface area contributed by atoms with Gasteiger partial charge in [-0.05, 0) is 68.7 Å². The van der Waals surface area contributed by atoms with Gasteiger partial charge >= 0.3 is 0 Å². The summed E-state index contributed by atoms with van der Waals surface area (Å²) in [4.78, 5) is 0. The Bertz CT molecular complexity index is 969. The molecule has 0 unspecified atom stereocenters. The van der Waals surface area contributed by atoms with E-state index in [4.69, 9.17) is 4.74 Å². The van der Waals surface area contributed by atoms with E-state index in [0.717, 1.165) is 18.8 Å². The molecule has 4 aromatic rings. The van der Waals surface area contributed by atoms with E-state index in [2.05, 4.69) is 74.5 Å². The molecular weight excluding hydrogens is 641 g/mol. The molecule has 1 aliphatic heterocycles. The first-order valence-corrected chi connectivity index (χ1v) is 22.0. The molecular formula is C52H96O. The van der Waals surface area contributed by atoms with E-state index in [1.54, 1.807) is 11.1 Å². The number of rotatable bonds is 0. The molecule has 1 heterocycles. The Morgan fingerprint density at radius 1 is 0.302 bits per heavy atom. The summed E-state index contributed by atoms with van der Waals surface area (Å²) in [7, 11) is 0. The molecule has 0 fully saturated rings. The smallest absolute Gasteiger partial charge is 0.122 e. The van der Waals surface area contributed by atoms with Crippen LogP contribution in [0.4, 0.5) is 0 Å². The van der Waals surface area contributed by atoms with Crippen molar-refractivity contribution in [3.05, 3.63) is 137 Å². The van der Waals surface area contributed by atoms with Gasteiger partial charge in [0.2, 0.25) is 0 Å². The molecule has 0 spiro atoms. The van der Waals surface area contributed by atoms with Gasteiger partial charge in [0, 0.05) is 0 Å². The van der Waals surface area contributed by atoms with E-state index >= 15 is 0 Å². The number of hydrogen-bond donors (Lipinski definition) is 0. The van der Waals surface area contributed by atoms with Gasteiger partial charge in [0.25, 0.3) is 0 Å². The summed E-state index contributed by atoms with van der Waals surface area (Å²) in [6.07, 6.45) is 6.30. The van der Waals surface area contributed by atoms with Crippen LogP contribution in [0.15, 0.2) is 109 Å². The van der Waals surface area contributed by atoms with Crippen LogP contribution in [0.2, 0.25) is 0 Å². The average Bonchev–Trinajstić information content (AvgIpc) is 3.79. The van der Waals surface area contributed by atoms with Gasteiger partial charge in [-0.2, -0.15) is 0 Å². The lowest BCUT2D eigenvalue weighted by molar-refractivity contribution is 0.288. The third-order valence-corrected chi connectivity index (χ3v) is 5.71. The number of ether oxygens (including phenoxy) is 1. The van der Waals surface area contributed by atoms with Crippen LogP contribution in [0.5, 0.6) is 5.75 Å². The van der Waals surface area contributed by atoms with E-state index in [0.29, 0.717) is 0 Å². The lowest BCUT2D eigenvalue weighted by atomic mass is 10.1.